The Morgan fingerprint density at radius 1 is 1.00 bits per heavy atom. The van der Waals surface area contributed by atoms with Crippen molar-refractivity contribution in [1.29, 1.82) is 0 Å². The van der Waals surface area contributed by atoms with Gasteiger partial charge in [0.15, 0.2) is 5.82 Å². The van der Waals surface area contributed by atoms with Crippen molar-refractivity contribution in [2.24, 2.45) is 0 Å². The van der Waals surface area contributed by atoms with E-state index in [9.17, 15) is 26.7 Å². The summed E-state index contributed by atoms with van der Waals surface area (Å²) in [5, 5.41) is 9.41. The number of halogens is 5. The number of anilines is 2. The first kappa shape index (κ1) is 33.3. The minimum atomic E-state index is -4.84. The van der Waals surface area contributed by atoms with Crippen LogP contribution in [0.3, 0.4) is 0 Å². The Morgan fingerprint density at radius 2 is 1.74 bits per heavy atom. The van der Waals surface area contributed by atoms with Crippen molar-refractivity contribution in [3.63, 3.8) is 0 Å². The number of hydrogen-bond donors (Lipinski definition) is 2. The molecule has 4 heterocycles. The quantitative estimate of drug-likeness (QED) is 0.171. The molecule has 0 bridgehead atoms. The second-order valence-electron chi connectivity index (χ2n) is 10.4. The van der Waals surface area contributed by atoms with Gasteiger partial charge in [-0.05, 0) is 31.7 Å². The van der Waals surface area contributed by atoms with E-state index < -0.39 is 30.0 Å². The molecule has 250 valence electrons. The minimum absolute atomic E-state index is 0.110. The molecule has 5 rings (SSSR count). The van der Waals surface area contributed by atoms with Crippen molar-refractivity contribution < 1.29 is 36.2 Å². The van der Waals surface area contributed by atoms with Gasteiger partial charge in [-0.1, -0.05) is 0 Å². The molecule has 14 nitrogen and oxygen atoms in total. The van der Waals surface area contributed by atoms with Gasteiger partial charge >= 0.3 is 24.8 Å². The van der Waals surface area contributed by atoms with E-state index in [1.165, 1.54) is 31.5 Å². The number of rotatable bonds is 11. The molecule has 0 radical (unpaired) electrons. The van der Waals surface area contributed by atoms with E-state index >= 15 is 0 Å². The van der Waals surface area contributed by atoms with Crippen molar-refractivity contribution >= 4 is 17.8 Å². The zero-order valence-corrected chi connectivity index (χ0v) is 25.2. The van der Waals surface area contributed by atoms with Crippen molar-refractivity contribution in [1.82, 2.24) is 45.0 Å². The molecule has 0 aliphatic heterocycles. The molecule has 1 saturated carbocycles. The molecule has 47 heavy (non-hydrogen) atoms. The minimum Gasteiger partial charge on any atom is -0.467 e. The second-order valence-corrected chi connectivity index (χ2v) is 10.4. The number of ether oxygens (including phenoxy) is 2. The van der Waals surface area contributed by atoms with Gasteiger partial charge in [0.1, 0.15) is 17.0 Å². The zero-order chi connectivity index (χ0) is 33.6. The Morgan fingerprint density at radius 3 is 2.34 bits per heavy atom. The van der Waals surface area contributed by atoms with Crippen LogP contribution in [0.4, 0.5) is 38.5 Å². The van der Waals surface area contributed by atoms with Gasteiger partial charge in [0.2, 0.25) is 5.95 Å². The number of aromatic nitrogens is 8. The van der Waals surface area contributed by atoms with Crippen molar-refractivity contribution in [2.45, 2.75) is 50.5 Å². The lowest BCUT2D eigenvalue weighted by Crippen LogP contribution is -2.49. The van der Waals surface area contributed by atoms with Gasteiger partial charge < -0.3 is 20.1 Å². The molecule has 0 saturated heterocycles. The first-order chi connectivity index (χ1) is 22.6. The zero-order valence-electron chi connectivity index (χ0n) is 25.2. The number of methoxy groups -OCH3 is 2. The van der Waals surface area contributed by atoms with Gasteiger partial charge in [-0.25, -0.2) is 34.4 Å². The van der Waals surface area contributed by atoms with Crippen LogP contribution in [0.25, 0.3) is 22.6 Å². The average molecular weight is 664 g/mol. The van der Waals surface area contributed by atoms with Crippen LogP contribution in [0.15, 0.2) is 43.2 Å². The van der Waals surface area contributed by atoms with Crippen molar-refractivity contribution in [3.8, 4) is 28.7 Å². The predicted octanol–water partition coefficient (Wildman–Crippen LogP) is 4.60. The first-order valence-corrected chi connectivity index (χ1v) is 14.4. The van der Waals surface area contributed by atoms with Gasteiger partial charge in [-0.3, -0.25) is 9.88 Å². The number of urea groups is 1. The SMILES string of the molecule is COCCNC(=O)N(c1cnc(-c2cnc(OC)nc2)cn1)C1CCC(Nc2ncc(C(F)(F)F)c(-c3ccn(C(F)F)n3)n2)CC1. The number of alkyl halides is 5. The van der Waals surface area contributed by atoms with E-state index in [2.05, 4.69) is 45.6 Å². The third-order valence-corrected chi connectivity index (χ3v) is 7.33. The van der Waals surface area contributed by atoms with Crippen LogP contribution in [0, 0.1) is 0 Å². The summed E-state index contributed by atoms with van der Waals surface area (Å²) in [4.78, 5) is 39.8. The topological polar surface area (TPSA) is 158 Å². The van der Waals surface area contributed by atoms with Crippen LogP contribution < -0.4 is 20.3 Å². The molecule has 19 heteroatoms. The van der Waals surface area contributed by atoms with Gasteiger partial charge in [-0.2, -0.15) is 27.1 Å². The molecule has 4 aromatic heterocycles. The highest BCUT2D eigenvalue weighted by atomic mass is 19.4. The number of nitrogens with zero attached hydrogens (tertiary/aromatic N) is 9. The number of carbonyl (C=O) groups is 1. The van der Waals surface area contributed by atoms with E-state index in [1.54, 1.807) is 12.4 Å². The van der Waals surface area contributed by atoms with Crippen LogP contribution in [-0.2, 0) is 10.9 Å². The fraction of sp³-hybridized carbons (Fsp3) is 0.429. The molecule has 2 amide bonds. The Bertz CT molecular complexity index is 1630. The summed E-state index contributed by atoms with van der Waals surface area (Å²) < 4.78 is 77.5. The predicted molar refractivity (Wildman–Crippen MR) is 157 cm³/mol. The largest absolute Gasteiger partial charge is 0.467 e. The fourth-order valence-electron chi connectivity index (χ4n) is 5.04. The third-order valence-electron chi connectivity index (χ3n) is 7.33. The van der Waals surface area contributed by atoms with Crippen LogP contribution >= 0.6 is 0 Å². The van der Waals surface area contributed by atoms with Crippen LogP contribution in [-0.4, -0.2) is 85.2 Å². The summed E-state index contributed by atoms with van der Waals surface area (Å²) in [6.45, 7) is -2.46. The Labute approximate surface area is 264 Å². The lowest BCUT2D eigenvalue weighted by atomic mass is 9.90. The molecule has 0 atom stereocenters. The van der Waals surface area contributed by atoms with Crippen LogP contribution in [0.2, 0.25) is 0 Å². The van der Waals surface area contributed by atoms with Gasteiger partial charge in [-0.15, -0.1) is 0 Å². The highest BCUT2D eigenvalue weighted by molar-refractivity contribution is 5.91. The summed E-state index contributed by atoms with van der Waals surface area (Å²) >= 11 is 0. The van der Waals surface area contributed by atoms with Gasteiger partial charge in [0.25, 0.3) is 0 Å². The highest BCUT2D eigenvalue weighted by Gasteiger charge is 2.37. The maximum Gasteiger partial charge on any atom is 0.420 e. The molecule has 0 aromatic carbocycles. The van der Waals surface area contributed by atoms with Crippen LogP contribution in [0.1, 0.15) is 37.8 Å². The smallest absolute Gasteiger partial charge is 0.420 e. The highest BCUT2D eigenvalue weighted by Crippen LogP contribution is 2.36. The van der Waals surface area contributed by atoms with E-state index in [0.717, 1.165) is 12.3 Å². The van der Waals surface area contributed by atoms with E-state index in [0.29, 0.717) is 55.6 Å². The second kappa shape index (κ2) is 14.6. The summed E-state index contributed by atoms with van der Waals surface area (Å²) in [5.41, 5.74) is -1.10. The average Bonchev–Trinajstić information content (AvgIpc) is 3.57. The molecule has 1 aliphatic carbocycles. The van der Waals surface area contributed by atoms with E-state index in [1.807, 2.05) is 0 Å². The Balaban J connectivity index is 1.30. The molecular weight excluding hydrogens is 633 g/mol. The number of carbonyl (C=O) groups excluding carboxylic acids is 1. The Hall–Kier alpha value is -5.07. The maximum absolute atomic E-state index is 13.7. The van der Waals surface area contributed by atoms with Gasteiger partial charge in [0, 0.05) is 56.1 Å². The Kier molecular flexibility index (Phi) is 10.3. The maximum atomic E-state index is 13.7. The molecule has 0 spiro atoms. The molecule has 4 aromatic rings. The van der Waals surface area contributed by atoms with Crippen molar-refractivity contribution in [3.05, 3.63) is 48.8 Å². The summed E-state index contributed by atoms with van der Waals surface area (Å²) in [7, 11) is 2.97. The lowest BCUT2D eigenvalue weighted by Gasteiger charge is -2.36. The molecule has 1 aliphatic rings. The third kappa shape index (κ3) is 8.02. The molecule has 0 unspecified atom stereocenters. The van der Waals surface area contributed by atoms with Gasteiger partial charge in [0.05, 0.1) is 31.8 Å². The van der Waals surface area contributed by atoms with Crippen molar-refractivity contribution in [2.75, 3.05) is 37.6 Å². The number of amides is 2. The summed E-state index contributed by atoms with van der Waals surface area (Å²) in [5.74, 6) is 0.203. The molecule has 2 N–H and O–H groups in total. The normalized spacial score (nSPS) is 16.6. The first-order valence-electron chi connectivity index (χ1n) is 14.4. The fourth-order valence-corrected chi connectivity index (χ4v) is 5.04. The molecular formula is C28H30F5N11O3. The molecule has 1 fully saturated rings. The standard InChI is InChI=1S/C28H30F5N11O3/c1-46-10-8-34-27(45)44(22-15-35-21(14-36-22)16-11-38-26(47-2)39-12-16)18-5-3-17(4-6-18)40-25-37-13-19(28(31,32)33)23(41-25)20-7-9-43(42-20)24(29)30/h7,9,11-15,17-18,24H,3-6,8,10H2,1-2H3,(H,34,45)(H,37,40,41). The summed E-state index contributed by atoms with van der Waals surface area (Å²) in [6.07, 6.45) is 4.70. The van der Waals surface area contributed by atoms with E-state index in [-0.39, 0.29) is 41.0 Å². The van der Waals surface area contributed by atoms with Crippen LogP contribution in [0.5, 0.6) is 6.01 Å². The number of nitrogens with one attached hydrogen (secondary N) is 2. The number of hydrogen-bond acceptors (Lipinski definition) is 11. The monoisotopic (exact) mass is 663 g/mol. The summed E-state index contributed by atoms with van der Waals surface area (Å²) in [6, 6.07) is 0.297. The van der Waals surface area contributed by atoms with E-state index in [4.69, 9.17) is 9.47 Å². The lowest BCUT2D eigenvalue weighted by molar-refractivity contribution is -0.137.